The summed E-state index contributed by atoms with van der Waals surface area (Å²) in [6, 6.07) is -0.603. The second-order valence-electron chi connectivity index (χ2n) is 6.27. The molecule has 0 aromatic rings. The van der Waals surface area contributed by atoms with Crippen molar-refractivity contribution < 1.29 is 9.59 Å². The molecule has 0 radical (unpaired) electrons. The largest absolute Gasteiger partial charge is 0.355 e. The Labute approximate surface area is 121 Å². The van der Waals surface area contributed by atoms with Crippen LogP contribution < -0.4 is 16.0 Å². The zero-order valence-corrected chi connectivity index (χ0v) is 13.2. The zero-order valence-electron chi connectivity index (χ0n) is 13.2. The highest BCUT2D eigenvalue weighted by Gasteiger charge is 2.35. The van der Waals surface area contributed by atoms with E-state index < -0.39 is 0 Å². The number of piperazine rings is 1. The van der Waals surface area contributed by atoms with Crippen LogP contribution in [0.1, 0.15) is 34.6 Å². The van der Waals surface area contributed by atoms with E-state index in [1.807, 2.05) is 39.5 Å². The van der Waals surface area contributed by atoms with Crippen molar-refractivity contribution in [2.24, 2.45) is 0 Å². The summed E-state index contributed by atoms with van der Waals surface area (Å²) in [4.78, 5) is 26.4. The topological polar surface area (TPSA) is 73.5 Å². The van der Waals surface area contributed by atoms with Crippen LogP contribution in [0.2, 0.25) is 0 Å². The molecule has 6 heteroatoms. The molecular formula is C14H28N4O2. The van der Waals surface area contributed by atoms with Crippen molar-refractivity contribution in [1.82, 2.24) is 20.9 Å². The Bertz CT molecular complexity index is 352. The highest BCUT2D eigenvalue weighted by atomic mass is 16.2. The molecule has 6 nitrogen and oxygen atoms in total. The van der Waals surface area contributed by atoms with Gasteiger partial charge < -0.3 is 16.0 Å². The third-order valence-corrected chi connectivity index (χ3v) is 3.31. The van der Waals surface area contributed by atoms with E-state index in [4.69, 9.17) is 0 Å². The summed E-state index contributed by atoms with van der Waals surface area (Å²) in [6.07, 6.45) is 0. The van der Waals surface area contributed by atoms with Crippen molar-refractivity contribution in [3.63, 3.8) is 0 Å². The number of carbonyl (C=O) groups is 2. The minimum absolute atomic E-state index is 0.0184. The van der Waals surface area contributed by atoms with Crippen LogP contribution in [0, 0.1) is 0 Å². The molecule has 116 valence electrons. The van der Waals surface area contributed by atoms with Crippen molar-refractivity contribution in [2.45, 2.75) is 52.2 Å². The molecule has 0 saturated carbocycles. The summed E-state index contributed by atoms with van der Waals surface area (Å²) in [5, 5.41) is 9.02. The van der Waals surface area contributed by atoms with Gasteiger partial charge in [-0.1, -0.05) is 0 Å². The van der Waals surface area contributed by atoms with Crippen LogP contribution in [0.25, 0.3) is 0 Å². The molecule has 2 unspecified atom stereocenters. The Morgan fingerprint density at radius 2 is 2.05 bits per heavy atom. The molecule has 20 heavy (non-hydrogen) atoms. The van der Waals surface area contributed by atoms with E-state index in [2.05, 4.69) is 16.0 Å². The van der Waals surface area contributed by atoms with Crippen LogP contribution in [-0.2, 0) is 9.59 Å². The molecule has 0 aliphatic carbocycles. The fourth-order valence-electron chi connectivity index (χ4n) is 2.34. The van der Waals surface area contributed by atoms with Gasteiger partial charge in [0.2, 0.25) is 11.8 Å². The summed E-state index contributed by atoms with van der Waals surface area (Å²) < 4.78 is 0. The molecule has 0 aromatic carbocycles. The molecule has 1 aliphatic rings. The lowest BCUT2D eigenvalue weighted by Crippen LogP contribution is -2.63. The van der Waals surface area contributed by atoms with Gasteiger partial charge in [0.15, 0.2) is 0 Å². The van der Waals surface area contributed by atoms with Gasteiger partial charge in [0.25, 0.3) is 0 Å². The van der Waals surface area contributed by atoms with E-state index in [9.17, 15) is 9.59 Å². The number of hydrogen-bond donors (Lipinski definition) is 3. The van der Waals surface area contributed by atoms with Crippen molar-refractivity contribution >= 4 is 11.8 Å². The van der Waals surface area contributed by atoms with Gasteiger partial charge in [0.1, 0.15) is 6.04 Å². The number of hydrogen-bond acceptors (Lipinski definition) is 4. The minimum atomic E-state index is -0.316. The van der Waals surface area contributed by atoms with Crippen LogP contribution in [0.3, 0.4) is 0 Å². The molecule has 1 rings (SSSR count). The first kappa shape index (κ1) is 16.9. The Morgan fingerprint density at radius 3 is 2.60 bits per heavy atom. The second-order valence-corrected chi connectivity index (χ2v) is 6.27. The van der Waals surface area contributed by atoms with Gasteiger partial charge in [0.05, 0.1) is 6.04 Å². The zero-order chi connectivity index (χ0) is 15.3. The van der Waals surface area contributed by atoms with E-state index in [0.717, 1.165) is 6.54 Å². The standard InChI is InChI=1S/C14H28N4O2/c1-6-16-13(20)11-9-15-7-8-18(11)10(2)12(19)17-14(3,4)5/h10-11,15H,6-9H2,1-5H3,(H,16,20)(H,17,19). The lowest BCUT2D eigenvalue weighted by atomic mass is 10.1. The average Bonchev–Trinajstić information content (AvgIpc) is 2.36. The summed E-state index contributed by atoms with van der Waals surface area (Å²) in [6.45, 7) is 12.3. The number of nitrogens with one attached hydrogen (secondary N) is 3. The van der Waals surface area contributed by atoms with Crippen molar-refractivity contribution in [2.75, 3.05) is 26.2 Å². The van der Waals surface area contributed by atoms with Gasteiger partial charge in [-0.15, -0.1) is 0 Å². The van der Waals surface area contributed by atoms with Crippen LogP contribution in [0.4, 0.5) is 0 Å². The van der Waals surface area contributed by atoms with Crippen molar-refractivity contribution in [1.29, 1.82) is 0 Å². The molecule has 3 N–H and O–H groups in total. The first-order valence-electron chi connectivity index (χ1n) is 7.32. The van der Waals surface area contributed by atoms with Gasteiger partial charge in [0, 0.05) is 31.7 Å². The number of likely N-dealkylation sites (N-methyl/N-ethyl adjacent to an activating group) is 1. The maximum Gasteiger partial charge on any atom is 0.238 e. The lowest BCUT2D eigenvalue weighted by molar-refractivity contribution is -0.133. The SMILES string of the molecule is CCNC(=O)C1CNCCN1C(C)C(=O)NC(C)(C)C. The molecular weight excluding hydrogens is 256 g/mol. The predicted octanol–water partition coefficient (Wildman–Crippen LogP) is -0.300. The quantitative estimate of drug-likeness (QED) is 0.663. The van der Waals surface area contributed by atoms with Crippen molar-refractivity contribution in [3.8, 4) is 0 Å². The van der Waals surface area contributed by atoms with E-state index in [1.165, 1.54) is 0 Å². The molecule has 2 amide bonds. The van der Waals surface area contributed by atoms with Crippen LogP contribution in [0.5, 0.6) is 0 Å². The number of carbonyl (C=O) groups excluding carboxylic acids is 2. The fourth-order valence-corrected chi connectivity index (χ4v) is 2.34. The van der Waals surface area contributed by atoms with E-state index >= 15 is 0 Å². The highest BCUT2D eigenvalue weighted by molar-refractivity contribution is 5.85. The Balaban J connectivity index is 2.74. The molecule has 1 fully saturated rings. The molecule has 1 saturated heterocycles. The van der Waals surface area contributed by atoms with E-state index in [-0.39, 0.29) is 29.4 Å². The maximum atomic E-state index is 12.3. The molecule has 0 bridgehead atoms. The average molecular weight is 284 g/mol. The first-order valence-corrected chi connectivity index (χ1v) is 7.32. The van der Waals surface area contributed by atoms with Gasteiger partial charge in [-0.05, 0) is 34.6 Å². The number of amides is 2. The monoisotopic (exact) mass is 284 g/mol. The molecule has 0 spiro atoms. The summed E-state index contributed by atoms with van der Waals surface area (Å²) >= 11 is 0. The van der Waals surface area contributed by atoms with Gasteiger partial charge in [-0.2, -0.15) is 0 Å². The van der Waals surface area contributed by atoms with Gasteiger partial charge in [-0.25, -0.2) is 0 Å². The third kappa shape index (κ3) is 4.76. The highest BCUT2D eigenvalue weighted by Crippen LogP contribution is 2.11. The summed E-state index contributed by atoms with van der Waals surface area (Å²) in [5.74, 6) is -0.0520. The molecule has 2 atom stereocenters. The Kier molecular flexibility index (Phi) is 5.95. The molecule has 1 aliphatic heterocycles. The predicted molar refractivity (Wildman–Crippen MR) is 79.4 cm³/mol. The van der Waals surface area contributed by atoms with Crippen molar-refractivity contribution in [3.05, 3.63) is 0 Å². The maximum absolute atomic E-state index is 12.3. The summed E-state index contributed by atoms with van der Waals surface area (Å²) in [7, 11) is 0. The summed E-state index contributed by atoms with van der Waals surface area (Å²) in [5.41, 5.74) is -0.263. The van der Waals surface area contributed by atoms with Crippen LogP contribution in [-0.4, -0.2) is 60.5 Å². The Hall–Kier alpha value is -1.14. The first-order chi connectivity index (χ1) is 9.26. The number of rotatable bonds is 4. The number of nitrogens with zero attached hydrogens (tertiary/aromatic N) is 1. The van der Waals surface area contributed by atoms with Gasteiger partial charge >= 0.3 is 0 Å². The molecule has 0 aromatic heterocycles. The lowest BCUT2D eigenvalue weighted by Gasteiger charge is -2.39. The van der Waals surface area contributed by atoms with E-state index in [1.54, 1.807) is 0 Å². The Morgan fingerprint density at radius 1 is 1.40 bits per heavy atom. The minimum Gasteiger partial charge on any atom is -0.355 e. The van der Waals surface area contributed by atoms with E-state index in [0.29, 0.717) is 19.6 Å². The molecule has 1 heterocycles. The van der Waals surface area contributed by atoms with Crippen LogP contribution >= 0.6 is 0 Å². The second kappa shape index (κ2) is 7.04. The smallest absolute Gasteiger partial charge is 0.238 e. The van der Waals surface area contributed by atoms with Gasteiger partial charge in [-0.3, -0.25) is 14.5 Å². The van der Waals surface area contributed by atoms with Crippen LogP contribution in [0.15, 0.2) is 0 Å². The third-order valence-electron chi connectivity index (χ3n) is 3.31. The fraction of sp³-hybridized carbons (Fsp3) is 0.857. The normalized spacial score (nSPS) is 22.1.